The first-order valence-electron chi connectivity index (χ1n) is 12.5. The quantitative estimate of drug-likeness (QED) is 0.213. The number of methoxy groups -OCH3 is 1. The summed E-state index contributed by atoms with van der Waals surface area (Å²) in [5, 5.41) is 17.9. The van der Waals surface area contributed by atoms with Crippen molar-refractivity contribution in [3.05, 3.63) is 35.8 Å². The standard InChI is InChI=1S/C24H26B3N7O6/c1-4-38-23(39-5-2)19-30-22(40-34-19)13-7-6-8-14(18(13)37-3)28-15-11-16(29-20(35)12-9-10-12)32-33-17(15)21(36)31-24(25,26)27/h6-8,11-12,23H,4-5,9-10H2,1-3H3,(H,31,36)(H2,28,29,32,35). The average Bonchev–Trinajstić information content (AvgIpc) is 3.64. The number of nitrogens with one attached hydrogen (secondary N) is 3. The molecule has 1 aliphatic carbocycles. The van der Waals surface area contributed by atoms with Crippen molar-refractivity contribution < 1.29 is 28.3 Å². The van der Waals surface area contributed by atoms with Gasteiger partial charge in [0.25, 0.3) is 11.8 Å². The van der Waals surface area contributed by atoms with E-state index in [1.54, 1.807) is 18.2 Å². The second kappa shape index (κ2) is 12.5. The zero-order valence-electron chi connectivity index (χ0n) is 22.3. The zero-order chi connectivity index (χ0) is 28.9. The number of carbonyl (C=O) groups excluding carboxylic acids is 2. The molecule has 0 bridgehead atoms. The Hall–Kier alpha value is -3.91. The number of ether oxygens (including phenoxy) is 3. The molecule has 3 aromatic rings. The summed E-state index contributed by atoms with van der Waals surface area (Å²) in [5.74, 6) is -0.286. The van der Waals surface area contributed by atoms with Gasteiger partial charge in [0.2, 0.25) is 18.0 Å². The lowest BCUT2D eigenvalue weighted by atomic mass is 9.49. The SMILES string of the molecule is [B]C([B])([B])NC(=O)c1nnc(NC(=O)C2CC2)cc1Nc1cccc(-c2nc(C(OCC)OCC)no2)c1OC. The van der Waals surface area contributed by atoms with Gasteiger partial charge in [0, 0.05) is 25.2 Å². The van der Waals surface area contributed by atoms with Gasteiger partial charge in [-0.05, 0) is 38.8 Å². The van der Waals surface area contributed by atoms with Gasteiger partial charge in [-0.25, -0.2) is 0 Å². The number of hydrogen-bond acceptors (Lipinski definition) is 11. The van der Waals surface area contributed by atoms with Gasteiger partial charge >= 0.3 is 0 Å². The van der Waals surface area contributed by atoms with Crippen LogP contribution >= 0.6 is 0 Å². The van der Waals surface area contributed by atoms with Gasteiger partial charge in [0.05, 0.1) is 47.6 Å². The zero-order valence-corrected chi connectivity index (χ0v) is 22.3. The van der Waals surface area contributed by atoms with Crippen LogP contribution < -0.4 is 20.7 Å². The first-order chi connectivity index (χ1) is 19.1. The first kappa shape index (κ1) is 29.1. The summed E-state index contributed by atoms with van der Waals surface area (Å²) in [6.45, 7) is 4.42. The van der Waals surface area contributed by atoms with Crippen molar-refractivity contribution in [1.82, 2.24) is 25.7 Å². The van der Waals surface area contributed by atoms with Crippen molar-refractivity contribution in [3.63, 3.8) is 0 Å². The molecule has 2 heterocycles. The number of benzene rings is 1. The third kappa shape index (κ3) is 7.18. The summed E-state index contributed by atoms with van der Waals surface area (Å²) in [6.07, 6.45) is 0.800. The van der Waals surface area contributed by atoms with Crippen LogP contribution in [0.3, 0.4) is 0 Å². The molecule has 2 amide bonds. The van der Waals surface area contributed by atoms with E-state index in [4.69, 9.17) is 42.3 Å². The first-order valence-corrected chi connectivity index (χ1v) is 12.5. The lowest BCUT2D eigenvalue weighted by molar-refractivity contribution is -0.145. The van der Waals surface area contributed by atoms with E-state index in [1.165, 1.54) is 13.2 Å². The fourth-order valence-corrected chi connectivity index (χ4v) is 3.65. The Bertz CT molecular complexity index is 1360. The van der Waals surface area contributed by atoms with Crippen LogP contribution in [0.2, 0.25) is 0 Å². The number of nitrogens with zero attached hydrogens (tertiary/aromatic N) is 4. The Kier molecular flexibility index (Phi) is 9.10. The monoisotopic (exact) mass is 541 g/mol. The van der Waals surface area contributed by atoms with Crippen LogP contribution in [0, 0.1) is 5.92 Å². The average molecular weight is 541 g/mol. The third-order valence-electron chi connectivity index (χ3n) is 5.55. The van der Waals surface area contributed by atoms with Crippen molar-refractivity contribution in [1.29, 1.82) is 0 Å². The minimum atomic E-state index is -2.01. The molecule has 2 aromatic heterocycles. The molecule has 1 fully saturated rings. The predicted octanol–water partition coefficient (Wildman–Crippen LogP) is 1.55. The number of anilines is 3. The second-order valence-electron chi connectivity index (χ2n) is 8.85. The van der Waals surface area contributed by atoms with Gasteiger partial charge in [0.15, 0.2) is 17.3 Å². The topological polar surface area (TPSA) is 163 Å². The van der Waals surface area contributed by atoms with Gasteiger partial charge in [-0.15, -0.1) is 10.2 Å². The van der Waals surface area contributed by atoms with Crippen LogP contribution in [0.15, 0.2) is 28.8 Å². The molecule has 1 aromatic carbocycles. The van der Waals surface area contributed by atoms with E-state index in [0.29, 0.717) is 30.2 Å². The third-order valence-corrected chi connectivity index (χ3v) is 5.55. The van der Waals surface area contributed by atoms with Crippen LogP contribution in [-0.2, 0) is 14.3 Å². The Morgan fingerprint density at radius 2 is 1.85 bits per heavy atom. The lowest BCUT2D eigenvalue weighted by Gasteiger charge is -2.23. The van der Waals surface area contributed by atoms with Crippen molar-refractivity contribution in [2.24, 2.45) is 5.92 Å². The summed E-state index contributed by atoms with van der Waals surface area (Å²) < 4.78 is 22.2. The van der Waals surface area contributed by atoms with Gasteiger partial charge in [-0.1, -0.05) is 16.5 Å². The highest BCUT2D eigenvalue weighted by Gasteiger charge is 2.30. The highest BCUT2D eigenvalue weighted by molar-refractivity contribution is 6.60. The summed E-state index contributed by atoms with van der Waals surface area (Å²) in [5.41, 5.74) is 0.793. The molecule has 0 spiro atoms. The summed E-state index contributed by atoms with van der Waals surface area (Å²) >= 11 is 0. The van der Waals surface area contributed by atoms with Crippen LogP contribution in [0.25, 0.3) is 11.5 Å². The number of hydrogen-bond donors (Lipinski definition) is 3. The maximum absolute atomic E-state index is 12.9. The molecule has 0 unspecified atom stereocenters. The lowest BCUT2D eigenvalue weighted by Crippen LogP contribution is -2.50. The van der Waals surface area contributed by atoms with Gasteiger partial charge in [-0.3, -0.25) is 9.59 Å². The summed E-state index contributed by atoms with van der Waals surface area (Å²) in [6, 6.07) is 6.55. The molecular formula is C24H26B3N7O6. The highest BCUT2D eigenvalue weighted by Crippen LogP contribution is 2.38. The molecule has 13 nitrogen and oxygen atoms in total. The van der Waals surface area contributed by atoms with Gasteiger partial charge in [-0.2, -0.15) is 4.98 Å². The van der Waals surface area contributed by atoms with Crippen LogP contribution in [0.4, 0.5) is 17.2 Å². The Morgan fingerprint density at radius 1 is 1.12 bits per heavy atom. The van der Waals surface area contributed by atoms with Crippen LogP contribution in [0.1, 0.15) is 49.3 Å². The van der Waals surface area contributed by atoms with E-state index in [9.17, 15) is 9.59 Å². The van der Waals surface area contributed by atoms with Crippen molar-refractivity contribution >= 4 is 52.5 Å². The van der Waals surface area contributed by atoms with Crippen LogP contribution in [0.5, 0.6) is 5.75 Å². The Labute approximate surface area is 234 Å². The van der Waals surface area contributed by atoms with E-state index in [1.807, 2.05) is 13.8 Å². The molecule has 40 heavy (non-hydrogen) atoms. The van der Waals surface area contributed by atoms with E-state index >= 15 is 0 Å². The smallest absolute Gasteiger partial charge is 0.272 e. The normalized spacial score (nSPS) is 13.2. The maximum Gasteiger partial charge on any atom is 0.272 e. The molecule has 0 aliphatic heterocycles. The highest BCUT2D eigenvalue weighted by atomic mass is 16.7. The number of para-hydroxylation sites is 1. The fraction of sp³-hybridized carbons (Fsp3) is 0.417. The molecule has 16 heteroatoms. The van der Waals surface area contributed by atoms with Crippen LogP contribution in [-0.4, -0.2) is 81.3 Å². The number of rotatable bonds is 13. The van der Waals surface area contributed by atoms with E-state index in [-0.39, 0.29) is 40.7 Å². The fourth-order valence-electron chi connectivity index (χ4n) is 3.65. The molecule has 3 N–H and O–H groups in total. The summed E-state index contributed by atoms with van der Waals surface area (Å²) in [4.78, 5) is 29.6. The van der Waals surface area contributed by atoms with Crippen molar-refractivity contribution in [2.75, 3.05) is 31.0 Å². The van der Waals surface area contributed by atoms with E-state index in [0.717, 1.165) is 12.8 Å². The molecule has 0 atom stereocenters. The van der Waals surface area contributed by atoms with E-state index in [2.05, 4.69) is 36.3 Å². The minimum Gasteiger partial charge on any atom is -0.494 e. The molecule has 6 radical (unpaired) electrons. The maximum atomic E-state index is 12.9. The Balaban J connectivity index is 1.69. The molecular weight excluding hydrogens is 515 g/mol. The van der Waals surface area contributed by atoms with Gasteiger partial charge < -0.3 is 34.7 Å². The van der Waals surface area contributed by atoms with Gasteiger partial charge in [0.1, 0.15) is 0 Å². The molecule has 1 saturated carbocycles. The molecule has 1 aliphatic rings. The number of carbonyl (C=O) groups is 2. The summed E-state index contributed by atoms with van der Waals surface area (Å²) in [7, 11) is 18.1. The molecule has 4 rings (SSSR count). The van der Waals surface area contributed by atoms with Crippen molar-refractivity contribution in [3.8, 4) is 17.2 Å². The predicted molar refractivity (Wildman–Crippen MR) is 146 cm³/mol. The number of aromatic nitrogens is 4. The van der Waals surface area contributed by atoms with Crippen molar-refractivity contribution in [2.45, 2.75) is 38.2 Å². The van der Waals surface area contributed by atoms with E-state index < -0.39 is 17.4 Å². The Morgan fingerprint density at radius 3 is 2.48 bits per heavy atom. The molecule has 0 saturated heterocycles. The number of amides is 2. The second-order valence-corrected chi connectivity index (χ2v) is 8.85. The molecule has 202 valence electrons. The largest absolute Gasteiger partial charge is 0.494 e. The minimum absolute atomic E-state index is 0.0744.